The summed E-state index contributed by atoms with van der Waals surface area (Å²) < 4.78 is 30.3. The largest absolute Gasteiger partial charge is 0.382 e. The van der Waals surface area contributed by atoms with Gasteiger partial charge in [0, 0.05) is 29.2 Å². The molecule has 8 heteroatoms. The number of rotatable bonds is 8. The van der Waals surface area contributed by atoms with Gasteiger partial charge < -0.3 is 5.11 Å². The number of aliphatic hydroxyl groups is 1. The van der Waals surface area contributed by atoms with Crippen LogP contribution < -0.4 is 0 Å². The normalized spacial score (nSPS) is 13.2. The number of aromatic nitrogens is 3. The van der Waals surface area contributed by atoms with Gasteiger partial charge in [-0.15, -0.1) is 6.42 Å². The van der Waals surface area contributed by atoms with E-state index in [1.54, 1.807) is 0 Å². The van der Waals surface area contributed by atoms with E-state index in [9.17, 15) is 13.9 Å². The van der Waals surface area contributed by atoms with Crippen LogP contribution in [0, 0.1) is 24.0 Å². The molecule has 5 nitrogen and oxygen atoms in total. The second kappa shape index (κ2) is 9.27. The molecular formula is C21H19BrF2N4O. The fraction of sp³-hybridized carbons (Fsp3) is 0.238. The second-order valence-corrected chi connectivity index (χ2v) is 7.64. The fourth-order valence-corrected chi connectivity index (χ4v) is 3.68. The third-order valence-corrected chi connectivity index (χ3v) is 4.91. The van der Waals surface area contributed by atoms with Crippen molar-refractivity contribution >= 4 is 15.9 Å². The maximum absolute atomic E-state index is 14.6. The molecule has 2 aromatic carbocycles. The fourth-order valence-electron chi connectivity index (χ4n) is 3.23. The van der Waals surface area contributed by atoms with E-state index in [-0.39, 0.29) is 25.2 Å². The van der Waals surface area contributed by atoms with E-state index in [0.29, 0.717) is 6.54 Å². The zero-order valence-corrected chi connectivity index (χ0v) is 17.1. The van der Waals surface area contributed by atoms with Gasteiger partial charge in [0.1, 0.15) is 29.9 Å². The molecule has 0 saturated heterocycles. The van der Waals surface area contributed by atoms with Crippen LogP contribution in [0.4, 0.5) is 8.78 Å². The Morgan fingerprint density at radius 3 is 2.72 bits per heavy atom. The lowest BCUT2D eigenvalue weighted by molar-refractivity contribution is -0.0205. The molecule has 0 radical (unpaired) electrons. The molecule has 29 heavy (non-hydrogen) atoms. The topological polar surface area (TPSA) is 54.2 Å². The first-order chi connectivity index (χ1) is 13.9. The molecule has 3 aromatic rings. The van der Waals surface area contributed by atoms with E-state index < -0.39 is 17.2 Å². The third kappa shape index (κ3) is 5.48. The van der Waals surface area contributed by atoms with Crippen LogP contribution in [0.5, 0.6) is 0 Å². The van der Waals surface area contributed by atoms with E-state index in [1.165, 1.54) is 23.4 Å². The highest BCUT2D eigenvalue weighted by molar-refractivity contribution is 9.10. The smallest absolute Gasteiger partial charge is 0.137 e. The molecule has 1 unspecified atom stereocenters. The molecule has 0 aliphatic rings. The summed E-state index contributed by atoms with van der Waals surface area (Å²) in [6, 6.07) is 10.8. The number of hydrogen-bond donors (Lipinski definition) is 1. The van der Waals surface area contributed by atoms with Crippen LogP contribution in [0.25, 0.3) is 0 Å². The van der Waals surface area contributed by atoms with Crippen molar-refractivity contribution in [3.63, 3.8) is 0 Å². The van der Waals surface area contributed by atoms with Gasteiger partial charge in [-0.1, -0.05) is 40.0 Å². The molecule has 0 bridgehead atoms. The number of benzene rings is 2. The minimum atomic E-state index is -1.71. The van der Waals surface area contributed by atoms with Gasteiger partial charge in [0.25, 0.3) is 0 Å². The predicted octanol–water partition coefficient (Wildman–Crippen LogP) is 3.34. The summed E-state index contributed by atoms with van der Waals surface area (Å²) in [6.45, 7) is 0.600. The molecule has 3 rings (SSSR count). The molecule has 0 saturated carbocycles. The first-order valence-corrected chi connectivity index (χ1v) is 9.59. The molecule has 150 valence electrons. The molecule has 0 amide bonds. The lowest BCUT2D eigenvalue weighted by Crippen LogP contribution is -2.44. The maximum Gasteiger partial charge on any atom is 0.137 e. The summed E-state index contributed by atoms with van der Waals surface area (Å²) in [5, 5.41) is 15.5. The molecule has 1 N–H and O–H groups in total. The highest BCUT2D eigenvalue weighted by Gasteiger charge is 2.35. The van der Waals surface area contributed by atoms with Crippen LogP contribution in [-0.4, -0.2) is 37.9 Å². The first kappa shape index (κ1) is 21.1. The Bertz CT molecular complexity index is 1010. The van der Waals surface area contributed by atoms with Crippen LogP contribution in [0.1, 0.15) is 11.1 Å². The average Bonchev–Trinajstić information content (AvgIpc) is 3.14. The van der Waals surface area contributed by atoms with Crippen molar-refractivity contribution < 1.29 is 13.9 Å². The summed E-state index contributed by atoms with van der Waals surface area (Å²) >= 11 is 3.43. The van der Waals surface area contributed by atoms with Crippen molar-refractivity contribution in [3.8, 4) is 12.3 Å². The van der Waals surface area contributed by atoms with Crippen molar-refractivity contribution in [2.75, 3.05) is 13.1 Å². The standard InChI is InChI=1S/C21H19BrF2N4O/c1-2-8-27(11-16-4-3-5-17(22)9-16)12-21(29,13-28-15-25-14-26-28)19-7-6-18(23)10-20(19)24/h1,3-7,9-10,14-15,29H,8,11-13H2. The van der Waals surface area contributed by atoms with E-state index in [1.807, 2.05) is 29.2 Å². The van der Waals surface area contributed by atoms with Gasteiger partial charge in [0.05, 0.1) is 13.1 Å². The summed E-state index contributed by atoms with van der Waals surface area (Å²) in [5.74, 6) is 1.02. The van der Waals surface area contributed by atoms with Crippen molar-refractivity contribution in [1.29, 1.82) is 0 Å². The number of halogens is 3. The Morgan fingerprint density at radius 2 is 2.07 bits per heavy atom. The Labute approximate surface area is 176 Å². The van der Waals surface area contributed by atoms with Crippen molar-refractivity contribution in [3.05, 3.63) is 82.4 Å². The van der Waals surface area contributed by atoms with Crippen molar-refractivity contribution in [1.82, 2.24) is 19.7 Å². The molecule has 1 heterocycles. The lowest BCUT2D eigenvalue weighted by Gasteiger charge is -2.34. The molecule has 0 fully saturated rings. The molecule has 1 aromatic heterocycles. The minimum Gasteiger partial charge on any atom is -0.382 e. The van der Waals surface area contributed by atoms with Crippen LogP contribution in [0.3, 0.4) is 0 Å². The number of hydrogen-bond acceptors (Lipinski definition) is 4. The number of nitrogens with zero attached hydrogens (tertiary/aromatic N) is 4. The van der Waals surface area contributed by atoms with Crippen LogP contribution in [0.2, 0.25) is 0 Å². The Morgan fingerprint density at radius 1 is 1.24 bits per heavy atom. The highest BCUT2D eigenvalue weighted by Crippen LogP contribution is 2.28. The zero-order chi connectivity index (χ0) is 20.9. The van der Waals surface area contributed by atoms with Gasteiger partial charge in [0.15, 0.2) is 0 Å². The van der Waals surface area contributed by atoms with Crippen LogP contribution >= 0.6 is 15.9 Å². The SMILES string of the molecule is C#CCN(Cc1cccc(Br)c1)CC(O)(Cn1cncn1)c1ccc(F)cc1F. The maximum atomic E-state index is 14.6. The Kier molecular flexibility index (Phi) is 6.75. The van der Waals surface area contributed by atoms with Gasteiger partial charge in [0.2, 0.25) is 0 Å². The summed E-state index contributed by atoms with van der Waals surface area (Å²) in [6.07, 6.45) is 8.27. The van der Waals surface area contributed by atoms with Gasteiger partial charge in [-0.2, -0.15) is 5.10 Å². The first-order valence-electron chi connectivity index (χ1n) is 8.80. The Hall–Kier alpha value is -2.60. The Balaban J connectivity index is 1.94. The molecule has 0 aliphatic heterocycles. The van der Waals surface area contributed by atoms with E-state index >= 15 is 0 Å². The summed E-state index contributed by atoms with van der Waals surface area (Å²) in [7, 11) is 0. The van der Waals surface area contributed by atoms with Gasteiger partial charge in [-0.3, -0.25) is 4.90 Å². The van der Waals surface area contributed by atoms with Crippen LogP contribution in [-0.2, 0) is 18.7 Å². The van der Waals surface area contributed by atoms with Crippen molar-refractivity contribution in [2.24, 2.45) is 0 Å². The number of terminal acetylenes is 1. The van der Waals surface area contributed by atoms with E-state index in [2.05, 4.69) is 31.9 Å². The molecular weight excluding hydrogens is 442 g/mol. The molecule has 0 aliphatic carbocycles. The molecule has 1 atom stereocenters. The van der Waals surface area contributed by atoms with Crippen LogP contribution in [0.15, 0.2) is 59.6 Å². The quantitative estimate of drug-likeness (QED) is 0.523. The third-order valence-electron chi connectivity index (χ3n) is 4.42. The van der Waals surface area contributed by atoms with Gasteiger partial charge in [-0.25, -0.2) is 18.4 Å². The van der Waals surface area contributed by atoms with Gasteiger partial charge in [-0.05, 0) is 23.8 Å². The monoisotopic (exact) mass is 460 g/mol. The van der Waals surface area contributed by atoms with Gasteiger partial charge >= 0.3 is 0 Å². The van der Waals surface area contributed by atoms with E-state index in [0.717, 1.165) is 22.2 Å². The summed E-state index contributed by atoms with van der Waals surface area (Å²) in [4.78, 5) is 5.69. The van der Waals surface area contributed by atoms with E-state index in [4.69, 9.17) is 6.42 Å². The summed E-state index contributed by atoms with van der Waals surface area (Å²) in [5.41, 5.74) is -0.781. The van der Waals surface area contributed by atoms with Crippen molar-refractivity contribution in [2.45, 2.75) is 18.7 Å². The highest BCUT2D eigenvalue weighted by atomic mass is 79.9. The zero-order valence-electron chi connectivity index (χ0n) is 15.5. The molecule has 0 spiro atoms. The predicted molar refractivity (Wildman–Crippen MR) is 109 cm³/mol. The minimum absolute atomic E-state index is 0.00608. The lowest BCUT2D eigenvalue weighted by atomic mass is 9.92. The average molecular weight is 461 g/mol. The second-order valence-electron chi connectivity index (χ2n) is 6.73.